The number of hydrogen-bond acceptors (Lipinski definition) is 2. The van der Waals surface area contributed by atoms with Gasteiger partial charge in [-0.2, -0.15) is 0 Å². The van der Waals surface area contributed by atoms with Gasteiger partial charge in [0, 0.05) is 11.0 Å². The number of amides is 1. The lowest BCUT2D eigenvalue weighted by Gasteiger charge is -2.14. The predicted molar refractivity (Wildman–Crippen MR) is 72.4 cm³/mol. The van der Waals surface area contributed by atoms with Gasteiger partial charge in [0.2, 0.25) is 5.91 Å². The second-order valence-corrected chi connectivity index (χ2v) is 5.17. The van der Waals surface area contributed by atoms with Crippen LogP contribution < -0.4 is 5.32 Å². The molecule has 0 fully saturated rings. The summed E-state index contributed by atoms with van der Waals surface area (Å²) in [7, 11) is 0. The number of benzene rings is 1. The highest BCUT2D eigenvalue weighted by Gasteiger charge is 2.17. The number of hydrogen-bond donors (Lipinski definition) is 2. The number of aliphatic carboxylic acids is 1. The van der Waals surface area contributed by atoms with Gasteiger partial charge in [-0.1, -0.05) is 35.0 Å². The number of rotatable bonds is 5. The Morgan fingerprint density at radius 2 is 1.83 bits per heavy atom. The van der Waals surface area contributed by atoms with Gasteiger partial charge < -0.3 is 10.4 Å². The van der Waals surface area contributed by atoms with Crippen molar-refractivity contribution in [2.24, 2.45) is 5.92 Å². The molecule has 1 aromatic carbocycles. The van der Waals surface area contributed by atoms with Crippen LogP contribution in [0.15, 0.2) is 28.7 Å². The van der Waals surface area contributed by atoms with E-state index in [-0.39, 0.29) is 18.4 Å². The number of halogens is 1. The van der Waals surface area contributed by atoms with Crippen LogP contribution in [0.2, 0.25) is 0 Å². The molecule has 0 spiro atoms. The SMILES string of the molecule is CC(CNC(=O)C(C)c1ccc(Br)cc1)C(=O)O. The third-order valence-electron chi connectivity index (χ3n) is 2.77. The third-order valence-corrected chi connectivity index (χ3v) is 3.30. The Balaban J connectivity index is 2.56. The maximum Gasteiger partial charge on any atom is 0.308 e. The molecule has 4 nitrogen and oxygen atoms in total. The number of carboxylic acid groups (broad SMARTS) is 1. The molecule has 0 heterocycles. The monoisotopic (exact) mass is 313 g/mol. The van der Waals surface area contributed by atoms with Crippen molar-refractivity contribution in [3.63, 3.8) is 0 Å². The van der Waals surface area contributed by atoms with Crippen molar-refractivity contribution in [1.82, 2.24) is 5.32 Å². The second-order valence-electron chi connectivity index (χ2n) is 4.26. The molecule has 0 aliphatic carbocycles. The Morgan fingerprint density at radius 3 is 2.33 bits per heavy atom. The van der Waals surface area contributed by atoms with Crippen LogP contribution in [0.5, 0.6) is 0 Å². The number of carbonyl (C=O) groups excluding carboxylic acids is 1. The maximum atomic E-state index is 11.8. The van der Waals surface area contributed by atoms with E-state index >= 15 is 0 Å². The molecular weight excluding hydrogens is 298 g/mol. The van der Waals surface area contributed by atoms with Crippen molar-refractivity contribution >= 4 is 27.8 Å². The van der Waals surface area contributed by atoms with Crippen molar-refractivity contribution in [2.45, 2.75) is 19.8 Å². The largest absolute Gasteiger partial charge is 0.481 e. The minimum absolute atomic E-state index is 0.148. The van der Waals surface area contributed by atoms with Gasteiger partial charge in [0.25, 0.3) is 0 Å². The van der Waals surface area contributed by atoms with Crippen molar-refractivity contribution in [1.29, 1.82) is 0 Å². The summed E-state index contributed by atoms with van der Waals surface area (Å²) in [6, 6.07) is 7.49. The Morgan fingerprint density at radius 1 is 1.28 bits per heavy atom. The summed E-state index contributed by atoms with van der Waals surface area (Å²) < 4.78 is 0.957. The molecule has 1 amide bonds. The second kappa shape index (κ2) is 6.54. The Hall–Kier alpha value is -1.36. The van der Waals surface area contributed by atoms with Crippen LogP contribution >= 0.6 is 15.9 Å². The van der Waals surface area contributed by atoms with Crippen molar-refractivity contribution in [3.8, 4) is 0 Å². The van der Waals surface area contributed by atoms with E-state index in [1.807, 2.05) is 24.3 Å². The molecule has 0 aromatic heterocycles. The zero-order chi connectivity index (χ0) is 13.7. The summed E-state index contributed by atoms with van der Waals surface area (Å²) in [5, 5.41) is 11.4. The Labute approximate surface area is 115 Å². The fraction of sp³-hybridized carbons (Fsp3) is 0.385. The fourth-order valence-corrected chi connectivity index (χ4v) is 1.66. The minimum atomic E-state index is -0.911. The van der Waals surface area contributed by atoms with Crippen LogP contribution in [-0.4, -0.2) is 23.5 Å². The first-order chi connectivity index (χ1) is 8.41. The smallest absolute Gasteiger partial charge is 0.308 e. The van der Waals surface area contributed by atoms with Crippen LogP contribution in [-0.2, 0) is 9.59 Å². The Bertz CT molecular complexity index is 430. The highest BCUT2D eigenvalue weighted by molar-refractivity contribution is 9.10. The first-order valence-electron chi connectivity index (χ1n) is 5.67. The normalized spacial score (nSPS) is 13.7. The molecule has 0 radical (unpaired) electrons. The van der Waals surface area contributed by atoms with E-state index in [1.165, 1.54) is 0 Å². The lowest BCUT2D eigenvalue weighted by atomic mass is 10.0. The average molecular weight is 314 g/mol. The van der Waals surface area contributed by atoms with Gasteiger partial charge in [-0.25, -0.2) is 0 Å². The van der Waals surface area contributed by atoms with E-state index in [9.17, 15) is 9.59 Å². The van der Waals surface area contributed by atoms with Crippen LogP contribution in [0.4, 0.5) is 0 Å². The molecule has 1 rings (SSSR count). The first-order valence-corrected chi connectivity index (χ1v) is 6.47. The average Bonchev–Trinajstić information content (AvgIpc) is 2.35. The van der Waals surface area contributed by atoms with E-state index in [4.69, 9.17) is 5.11 Å². The van der Waals surface area contributed by atoms with E-state index in [0.29, 0.717) is 0 Å². The quantitative estimate of drug-likeness (QED) is 0.877. The van der Waals surface area contributed by atoms with Gasteiger partial charge in [0.1, 0.15) is 0 Å². The third kappa shape index (κ3) is 4.14. The zero-order valence-electron chi connectivity index (χ0n) is 10.3. The Kier molecular flexibility index (Phi) is 5.34. The molecule has 2 atom stereocenters. The van der Waals surface area contributed by atoms with Gasteiger partial charge >= 0.3 is 5.97 Å². The van der Waals surface area contributed by atoms with Crippen LogP contribution in [0.3, 0.4) is 0 Å². The molecule has 0 saturated heterocycles. The lowest BCUT2D eigenvalue weighted by Crippen LogP contribution is -2.34. The highest BCUT2D eigenvalue weighted by atomic mass is 79.9. The summed E-state index contributed by atoms with van der Waals surface area (Å²) in [4.78, 5) is 22.5. The molecule has 98 valence electrons. The van der Waals surface area contributed by atoms with Gasteiger partial charge in [-0.05, 0) is 24.6 Å². The van der Waals surface area contributed by atoms with E-state index in [0.717, 1.165) is 10.0 Å². The van der Waals surface area contributed by atoms with E-state index in [1.54, 1.807) is 13.8 Å². The summed E-state index contributed by atoms with van der Waals surface area (Å²) in [5.41, 5.74) is 0.902. The number of nitrogens with one attached hydrogen (secondary N) is 1. The van der Waals surface area contributed by atoms with Crippen LogP contribution in [0.25, 0.3) is 0 Å². The fourth-order valence-electron chi connectivity index (χ4n) is 1.40. The topological polar surface area (TPSA) is 66.4 Å². The molecule has 5 heteroatoms. The molecule has 18 heavy (non-hydrogen) atoms. The molecule has 0 bridgehead atoms. The molecule has 1 aromatic rings. The minimum Gasteiger partial charge on any atom is -0.481 e. The van der Waals surface area contributed by atoms with Crippen molar-refractivity contribution in [3.05, 3.63) is 34.3 Å². The molecular formula is C13H16BrNO3. The molecule has 0 aliphatic heterocycles. The lowest BCUT2D eigenvalue weighted by molar-refractivity contribution is -0.141. The van der Waals surface area contributed by atoms with Gasteiger partial charge in [-0.15, -0.1) is 0 Å². The highest BCUT2D eigenvalue weighted by Crippen LogP contribution is 2.18. The van der Waals surface area contributed by atoms with Crippen LogP contribution in [0.1, 0.15) is 25.3 Å². The first kappa shape index (κ1) is 14.7. The number of carbonyl (C=O) groups is 2. The summed E-state index contributed by atoms with van der Waals surface area (Å²) in [6.07, 6.45) is 0. The van der Waals surface area contributed by atoms with Crippen LogP contribution in [0, 0.1) is 5.92 Å². The molecule has 0 saturated carbocycles. The van der Waals surface area contributed by atoms with E-state index < -0.39 is 11.9 Å². The summed E-state index contributed by atoms with van der Waals surface area (Å²) in [5.74, 6) is -1.94. The predicted octanol–water partition coefficient (Wildman–Crippen LogP) is 2.39. The van der Waals surface area contributed by atoms with Gasteiger partial charge in [-0.3, -0.25) is 9.59 Å². The summed E-state index contributed by atoms with van der Waals surface area (Å²) >= 11 is 3.33. The van der Waals surface area contributed by atoms with Gasteiger partial charge in [0.15, 0.2) is 0 Å². The summed E-state index contributed by atoms with van der Waals surface area (Å²) in [6.45, 7) is 3.51. The van der Waals surface area contributed by atoms with E-state index in [2.05, 4.69) is 21.2 Å². The maximum absolute atomic E-state index is 11.8. The molecule has 0 aliphatic rings. The number of carboxylic acids is 1. The van der Waals surface area contributed by atoms with Crippen molar-refractivity contribution < 1.29 is 14.7 Å². The molecule has 2 N–H and O–H groups in total. The van der Waals surface area contributed by atoms with Gasteiger partial charge in [0.05, 0.1) is 11.8 Å². The van der Waals surface area contributed by atoms with Crippen molar-refractivity contribution in [2.75, 3.05) is 6.54 Å². The standard InChI is InChI=1S/C13H16BrNO3/c1-8(13(17)18)7-15-12(16)9(2)10-3-5-11(14)6-4-10/h3-6,8-9H,7H2,1-2H3,(H,15,16)(H,17,18). The molecule has 2 unspecified atom stereocenters. The zero-order valence-corrected chi connectivity index (χ0v) is 11.9.